The third-order valence-electron chi connectivity index (χ3n) is 3.94. The smallest absolute Gasteiger partial charge is 0.317 e. The van der Waals surface area contributed by atoms with Crippen LogP contribution < -0.4 is 5.32 Å². The lowest BCUT2D eigenvalue weighted by Gasteiger charge is -2.36. The number of nitrogens with one attached hydrogen (secondary N) is 1. The van der Waals surface area contributed by atoms with Gasteiger partial charge in [-0.3, -0.25) is 0 Å². The zero-order chi connectivity index (χ0) is 17.5. The van der Waals surface area contributed by atoms with Crippen molar-refractivity contribution in [3.63, 3.8) is 0 Å². The summed E-state index contributed by atoms with van der Waals surface area (Å²) >= 11 is 0. The molecule has 24 heavy (non-hydrogen) atoms. The first-order chi connectivity index (χ1) is 11.5. The van der Waals surface area contributed by atoms with Crippen molar-refractivity contribution in [2.75, 3.05) is 26.3 Å². The molecule has 2 N–H and O–H groups in total. The molecule has 2 atom stereocenters. The minimum Gasteiger partial charge on any atom is -0.393 e. The number of aliphatic hydroxyl groups is 1. The molecule has 1 heterocycles. The largest absolute Gasteiger partial charge is 0.393 e. The van der Waals surface area contributed by atoms with Crippen molar-refractivity contribution in [2.45, 2.75) is 38.3 Å². The molecule has 1 aliphatic heterocycles. The molecule has 1 aliphatic rings. The SMILES string of the molecule is CC(O)CC1COCCN1C(=O)NCCCc1cc(F)cc(F)c1. The average molecular weight is 342 g/mol. The van der Waals surface area contributed by atoms with Crippen LogP contribution in [0.2, 0.25) is 0 Å². The molecule has 0 spiro atoms. The van der Waals surface area contributed by atoms with E-state index < -0.39 is 17.7 Å². The highest BCUT2D eigenvalue weighted by Crippen LogP contribution is 2.13. The van der Waals surface area contributed by atoms with Gasteiger partial charge in [0.05, 0.1) is 25.4 Å². The second-order valence-corrected chi connectivity index (χ2v) is 6.12. The van der Waals surface area contributed by atoms with E-state index in [1.54, 1.807) is 11.8 Å². The molecule has 2 amide bonds. The quantitative estimate of drug-likeness (QED) is 0.778. The monoisotopic (exact) mass is 342 g/mol. The van der Waals surface area contributed by atoms with Crippen LogP contribution in [0.1, 0.15) is 25.3 Å². The van der Waals surface area contributed by atoms with Crippen LogP contribution in [0.3, 0.4) is 0 Å². The summed E-state index contributed by atoms with van der Waals surface area (Å²) in [6.07, 6.45) is 1.03. The fraction of sp³-hybridized carbons (Fsp3) is 0.588. The predicted octanol–water partition coefficient (Wildman–Crippen LogP) is 2.08. The molecule has 1 aromatic carbocycles. The summed E-state index contributed by atoms with van der Waals surface area (Å²) in [5.41, 5.74) is 0.570. The highest BCUT2D eigenvalue weighted by atomic mass is 19.1. The van der Waals surface area contributed by atoms with E-state index in [1.807, 2.05) is 0 Å². The molecular weight excluding hydrogens is 318 g/mol. The first kappa shape index (κ1) is 18.6. The van der Waals surface area contributed by atoms with E-state index in [-0.39, 0.29) is 12.1 Å². The highest BCUT2D eigenvalue weighted by molar-refractivity contribution is 5.74. The van der Waals surface area contributed by atoms with Crippen molar-refractivity contribution in [3.8, 4) is 0 Å². The van der Waals surface area contributed by atoms with Crippen LogP contribution in [0.25, 0.3) is 0 Å². The summed E-state index contributed by atoms with van der Waals surface area (Å²) in [5.74, 6) is -1.19. The second kappa shape index (κ2) is 8.94. The van der Waals surface area contributed by atoms with Crippen molar-refractivity contribution < 1.29 is 23.4 Å². The molecule has 0 bridgehead atoms. The molecule has 1 fully saturated rings. The Morgan fingerprint density at radius 2 is 2.12 bits per heavy atom. The number of halogens is 2. The molecule has 134 valence electrons. The van der Waals surface area contributed by atoms with Crippen LogP contribution >= 0.6 is 0 Å². The van der Waals surface area contributed by atoms with E-state index in [0.717, 1.165) is 6.07 Å². The average Bonchev–Trinajstić information content (AvgIpc) is 2.50. The highest BCUT2D eigenvalue weighted by Gasteiger charge is 2.27. The summed E-state index contributed by atoms with van der Waals surface area (Å²) in [5, 5.41) is 12.3. The third kappa shape index (κ3) is 5.72. The number of hydrogen-bond acceptors (Lipinski definition) is 3. The fourth-order valence-corrected chi connectivity index (χ4v) is 2.86. The fourth-order valence-electron chi connectivity index (χ4n) is 2.86. The van der Waals surface area contributed by atoms with Crippen LogP contribution in [0, 0.1) is 11.6 Å². The Morgan fingerprint density at radius 3 is 2.79 bits per heavy atom. The van der Waals surface area contributed by atoms with Gasteiger partial charge in [-0.25, -0.2) is 13.6 Å². The van der Waals surface area contributed by atoms with E-state index in [2.05, 4.69) is 5.32 Å². The molecule has 7 heteroatoms. The first-order valence-electron chi connectivity index (χ1n) is 8.21. The van der Waals surface area contributed by atoms with Crippen LogP contribution in [0.4, 0.5) is 13.6 Å². The summed E-state index contributed by atoms with van der Waals surface area (Å²) in [6, 6.07) is 3.09. The van der Waals surface area contributed by atoms with Gasteiger partial charge in [0.2, 0.25) is 0 Å². The molecule has 0 saturated carbocycles. The van der Waals surface area contributed by atoms with Crippen LogP contribution in [-0.4, -0.2) is 54.5 Å². The van der Waals surface area contributed by atoms with Crippen molar-refractivity contribution in [3.05, 3.63) is 35.4 Å². The Labute approximate surface area is 140 Å². The first-order valence-corrected chi connectivity index (χ1v) is 8.21. The number of rotatable bonds is 6. The molecular formula is C17H24F2N2O3. The topological polar surface area (TPSA) is 61.8 Å². The number of benzene rings is 1. The molecule has 2 unspecified atom stereocenters. The molecule has 0 aliphatic carbocycles. The van der Waals surface area contributed by atoms with Gasteiger partial charge in [0.1, 0.15) is 11.6 Å². The standard InChI is InChI=1S/C17H24F2N2O3/c1-12(22)7-16-11-24-6-5-21(16)17(23)20-4-2-3-13-8-14(18)10-15(19)9-13/h8-10,12,16,22H,2-7,11H2,1H3,(H,20,23). The van der Waals surface area contributed by atoms with Gasteiger partial charge in [0, 0.05) is 19.2 Å². The zero-order valence-corrected chi connectivity index (χ0v) is 13.8. The number of ether oxygens (including phenoxy) is 1. The minimum atomic E-state index is -0.594. The van der Waals surface area contributed by atoms with Gasteiger partial charge in [-0.15, -0.1) is 0 Å². The Kier molecular flexibility index (Phi) is 6.93. The predicted molar refractivity (Wildman–Crippen MR) is 85.7 cm³/mol. The van der Waals surface area contributed by atoms with E-state index in [0.29, 0.717) is 51.1 Å². The van der Waals surface area contributed by atoms with Crippen molar-refractivity contribution in [2.24, 2.45) is 0 Å². The van der Waals surface area contributed by atoms with Gasteiger partial charge in [-0.2, -0.15) is 0 Å². The Morgan fingerprint density at radius 1 is 1.42 bits per heavy atom. The lowest BCUT2D eigenvalue weighted by Crippen LogP contribution is -2.53. The number of aliphatic hydroxyl groups excluding tert-OH is 1. The zero-order valence-electron chi connectivity index (χ0n) is 13.8. The number of aryl methyl sites for hydroxylation is 1. The summed E-state index contributed by atoms with van der Waals surface area (Å²) in [4.78, 5) is 13.9. The van der Waals surface area contributed by atoms with E-state index >= 15 is 0 Å². The van der Waals surface area contributed by atoms with Crippen molar-refractivity contribution in [1.82, 2.24) is 10.2 Å². The molecule has 1 saturated heterocycles. The third-order valence-corrected chi connectivity index (χ3v) is 3.94. The Balaban J connectivity index is 1.77. The minimum absolute atomic E-state index is 0.143. The summed E-state index contributed by atoms with van der Waals surface area (Å²) in [6.45, 7) is 3.48. The van der Waals surface area contributed by atoms with Crippen molar-refractivity contribution >= 4 is 6.03 Å². The van der Waals surface area contributed by atoms with Gasteiger partial charge < -0.3 is 20.1 Å². The van der Waals surface area contributed by atoms with Crippen molar-refractivity contribution in [1.29, 1.82) is 0 Å². The maximum absolute atomic E-state index is 13.1. The molecule has 0 radical (unpaired) electrons. The summed E-state index contributed by atoms with van der Waals surface area (Å²) < 4.78 is 31.6. The normalized spacial score (nSPS) is 19.2. The van der Waals surface area contributed by atoms with Gasteiger partial charge in [0.25, 0.3) is 0 Å². The second-order valence-electron chi connectivity index (χ2n) is 6.12. The molecule has 2 rings (SSSR count). The van der Waals surface area contributed by atoms with Crippen LogP contribution in [0.15, 0.2) is 18.2 Å². The summed E-state index contributed by atoms with van der Waals surface area (Å²) in [7, 11) is 0. The van der Waals surface area contributed by atoms with Gasteiger partial charge in [-0.05, 0) is 43.9 Å². The number of nitrogens with zero attached hydrogens (tertiary/aromatic N) is 1. The Hall–Kier alpha value is -1.73. The number of carbonyl (C=O) groups excluding carboxylic acids is 1. The molecule has 5 nitrogen and oxygen atoms in total. The maximum atomic E-state index is 13.1. The number of hydrogen-bond donors (Lipinski definition) is 2. The lowest BCUT2D eigenvalue weighted by molar-refractivity contribution is -0.00428. The van der Waals surface area contributed by atoms with E-state index in [4.69, 9.17) is 4.74 Å². The number of carbonyl (C=O) groups is 1. The van der Waals surface area contributed by atoms with Crippen LogP contribution in [-0.2, 0) is 11.2 Å². The number of morpholine rings is 1. The maximum Gasteiger partial charge on any atom is 0.317 e. The lowest BCUT2D eigenvalue weighted by atomic mass is 10.1. The number of urea groups is 1. The van der Waals surface area contributed by atoms with E-state index in [9.17, 15) is 18.7 Å². The Bertz CT molecular complexity index is 534. The molecule has 0 aromatic heterocycles. The van der Waals surface area contributed by atoms with Gasteiger partial charge in [-0.1, -0.05) is 0 Å². The van der Waals surface area contributed by atoms with Crippen LogP contribution in [0.5, 0.6) is 0 Å². The van der Waals surface area contributed by atoms with Gasteiger partial charge in [0.15, 0.2) is 0 Å². The number of amides is 2. The molecule has 1 aromatic rings. The van der Waals surface area contributed by atoms with E-state index in [1.165, 1.54) is 12.1 Å². The van der Waals surface area contributed by atoms with Gasteiger partial charge >= 0.3 is 6.03 Å².